The van der Waals surface area contributed by atoms with Gasteiger partial charge in [0.25, 0.3) is 0 Å². The lowest BCUT2D eigenvalue weighted by Crippen LogP contribution is -2.34. The lowest BCUT2D eigenvalue weighted by atomic mass is 9.83. The van der Waals surface area contributed by atoms with Crippen LogP contribution >= 0.6 is 11.8 Å². The molecular weight excluding hydrogens is 363 g/mol. The van der Waals surface area contributed by atoms with Crippen LogP contribution in [-0.4, -0.2) is 28.5 Å². The molecule has 28 heavy (non-hydrogen) atoms. The van der Waals surface area contributed by atoms with E-state index in [2.05, 4.69) is 80.8 Å². The van der Waals surface area contributed by atoms with Crippen molar-refractivity contribution < 1.29 is 4.79 Å². The van der Waals surface area contributed by atoms with E-state index in [1.54, 1.807) is 11.8 Å². The molecule has 4 heteroatoms. The Labute approximate surface area is 171 Å². The minimum atomic E-state index is -0.192. The van der Waals surface area contributed by atoms with Crippen LogP contribution in [0.4, 0.5) is 0 Å². The molecule has 0 saturated heterocycles. The molecule has 4 rings (SSSR count). The van der Waals surface area contributed by atoms with Crippen molar-refractivity contribution in [3.63, 3.8) is 0 Å². The number of hydrogen-bond donors (Lipinski definition) is 0. The van der Waals surface area contributed by atoms with Crippen LogP contribution in [0.1, 0.15) is 38.5 Å². The van der Waals surface area contributed by atoms with E-state index in [-0.39, 0.29) is 11.2 Å². The zero-order chi connectivity index (χ0) is 19.8. The molecule has 2 aromatic carbocycles. The number of carbonyl (C=O) groups is 1. The molecule has 2 heterocycles. The van der Waals surface area contributed by atoms with Gasteiger partial charge in [0.2, 0.25) is 5.91 Å². The molecule has 0 bridgehead atoms. The Morgan fingerprint density at radius 3 is 2.46 bits per heavy atom. The molecule has 3 nitrogen and oxygen atoms in total. The van der Waals surface area contributed by atoms with Gasteiger partial charge < -0.3 is 9.47 Å². The summed E-state index contributed by atoms with van der Waals surface area (Å²) in [5.74, 6) is 0.747. The van der Waals surface area contributed by atoms with Crippen molar-refractivity contribution in [3.05, 3.63) is 54.1 Å². The van der Waals surface area contributed by atoms with Crippen molar-refractivity contribution >= 4 is 28.6 Å². The normalized spacial score (nSPS) is 15.5. The molecule has 1 atom stereocenters. The molecule has 1 aliphatic rings. The van der Waals surface area contributed by atoms with Gasteiger partial charge in [-0.3, -0.25) is 4.79 Å². The molecule has 0 radical (unpaired) electrons. The Hall–Kier alpha value is -2.20. The van der Waals surface area contributed by atoms with Gasteiger partial charge in [-0.25, -0.2) is 0 Å². The molecule has 1 amide bonds. The van der Waals surface area contributed by atoms with E-state index in [0.29, 0.717) is 5.92 Å². The fourth-order valence-corrected chi connectivity index (χ4v) is 5.58. The number of carbonyl (C=O) groups excluding carboxylic acids is 1. The summed E-state index contributed by atoms with van der Waals surface area (Å²) in [6.45, 7) is 11.1. The summed E-state index contributed by atoms with van der Waals surface area (Å²) >= 11 is 1.71. The van der Waals surface area contributed by atoms with E-state index >= 15 is 0 Å². The smallest absolute Gasteiger partial charge is 0.240 e. The number of para-hydroxylation sites is 1. The second-order valence-corrected chi connectivity index (χ2v) is 8.94. The minimum absolute atomic E-state index is 0.192. The van der Waals surface area contributed by atoms with Crippen LogP contribution in [0.3, 0.4) is 0 Å². The molecule has 1 unspecified atom stereocenters. The second-order valence-electron chi connectivity index (χ2n) is 7.79. The number of aromatic nitrogens is 1. The van der Waals surface area contributed by atoms with E-state index in [1.807, 2.05) is 4.90 Å². The zero-order valence-corrected chi connectivity index (χ0v) is 17.9. The van der Waals surface area contributed by atoms with Gasteiger partial charge >= 0.3 is 0 Å². The molecule has 0 N–H and O–H groups in total. The predicted octanol–water partition coefficient (Wildman–Crippen LogP) is 5.98. The number of fused-ring (bicyclic) bond motifs is 5. The first kappa shape index (κ1) is 19.1. The van der Waals surface area contributed by atoms with Gasteiger partial charge in [-0.05, 0) is 31.9 Å². The topological polar surface area (TPSA) is 25.2 Å². The minimum Gasteiger partial charge on any atom is -0.342 e. The van der Waals surface area contributed by atoms with Crippen molar-refractivity contribution in [2.75, 3.05) is 13.1 Å². The van der Waals surface area contributed by atoms with Gasteiger partial charge in [-0.15, -0.1) is 11.8 Å². The summed E-state index contributed by atoms with van der Waals surface area (Å²) in [4.78, 5) is 16.7. The number of hydrogen-bond acceptors (Lipinski definition) is 2. The van der Waals surface area contributed by atoms with Gasteiger partial charge in [-0.2, -0.15) is 0 Å². The molecule has 1 aliphatic heterocycles. The van der Waals surface area contributed by atoms with Gasteiger partial charge in [0.05, 0.1) is 5.69 Å². The third-order valence-electron chi connectivity index (χ3n) is 5.51. The summed E-state index contributed by atoms with van der Waals surface area (Å²) in [7, 11) is 0. The molecule has 0 spiro atoms. The average Bonchev–Trinajstić information content (AvgIpc) is 3.02. The van der Waals surface area contributed by atoms with E-state index in [0.717, 1.165) is 19.6 Å². The highest BCUT2D eigenvalue weighted by atomic mass is 32.2. The summed E-state index contributed by atoms with van der Waals surface area (Å²) in [5, 5.41) is 1.02. The lowest BCUT2D eigenvalue weighted by Gasteiger charge is -2.30. The van der Waals surface area contributed by atoms with Crippen LogP contribution in [0.25, 0.3) is 22.2 Å². The molecular formula is C24H28N2OS. The number of nitrogens with zero attached hydrogens (tertiary/aromatic N) is 2. The van der Waals surface area contributed by atoms with Gasteiger partial charge in [0, 0.05) is 46.6 Å². The third-order valence-corrected chi connectivity index (χ3v) is 6.79. The van der Waals surface area contributed by atoms with Gasteiger partial charge in [0.1, 0.15) is 5.25 Å². The molecule has 0 fully saturated rings. The quantitative estimate of drug-likeness (QED) is 0.534. The summed E-state index contributed by atoms with van der Waals surface area (Å²) in [5.41, 5.74) is 4.91. The molecule has 3 aromatic rings. The number of benzene rings is 2. The summed E-state index contributed by atoms with van der Waals surface area (Å²) in [6, 6.07) is 17.1. The first-order valence-electron chi connectivity index (χ1n) is 10.2. The van der Waals surface area contributed by atoms with Crippen LogP contribution in [0.5, 0.6) is 0 Å². The van der Waals surface area contributed by atoms with Gasteiger partial charge in [0.15, 0.2) is 0 Å². The van der Waals surface area contributed by atoms with Crippen LogP contribution in [-0.2, 0) is 11.3 Å². The first-order chi connectivity index (χ1) is 13.6. The number of thioether (sulfide) groups is 1. The fraction of sp³-hybridized carbons (Fsp3) is 0.375. The molecule has 1 aromatic heterocycles. The van der Waals surface area contributed by atoms with Crippen LogP contribution in [0.15, 0.2) is 53.4 Å². The second kappa shape index (κ2) is 7.67. The van der Waals surface area contributed by atoms with Crippen molar-refractivity contribution in [3.8, 4) is 11.3 Å². The highest BCUT2D eigenvalue weighted by Crippen LogP contribution is 2.53. The van der Waals surface area contributed by atoms with E-state index in [1.165, 1.54) is 32.6 Å². The Morgan fingerprint density at radius 1 is 1.07 bits per heavy atom. The number of amides is 1. The van der Waals surface area contributed by atoms with Crippen LogP contribution < -0.4 is 0 Å². The van der Waals surface area contributed by atoms with E-state index in [9.17, 15) is 4.79 Å². The van der Waals surface area contributed by atoms with E-state index < -0.39 is 0 Å². The van der Waals surface area contributed by atoms with Crippen molar-refractivity contribution in [1.29, 1.82) is 0 Å². The third kappa shape index (κ3) is 3.04. The van der Waals surface area contributed by atoms with Crippen LogP contribution in [0.2, 0.25) is 0 Å². The Bertz CT molecular complexity index is 1020. The Morgan fingerprint density at radius 2 is 1.75 bits per heavy atom. The number of rotatable bonds is 5. The Balaban J connectivity index is 2.02. The summed E-state index contributed by atoms with van der Waals surface area (Å²) < 4.78 is 2.44. The fourth-order valence-electron chi connectivity index (χ4n) is 4.27. The average molecular weight is 392 g/mol. The monoisotopic (exact) mass is 391 g/mol. The zero-order valence-electron chi connectivity index (χ0n) is 17.1. The number of likely N-dealkylation sites (N-methyl/N-ethyl adjacent to an activating group) is 1. The maximum atomic E-state index is 13.5. The highest BCUT2D eigenvalue weighted by molar-refractivity contribution is 8.00. The first-order valence-corrected chi connectivity index (χ1v) is 11.1. The maximum Gasteiger partial charge on any atom is 0.240 e. The molecule has 146 valence electrons. The highest BCUT2D eigenvalue weighted by Gasteiger charge is 2.37. The van der Waals surface area contributed by atoms with Crippen LogP contribution in [0, 0.1) is 5.92 Å². The van der Waals surface area contributed by atoms with Gasteiger partial charge in [-0.1, -0.05) is 50.2 Å². The van der Waals surface area contributed by atoms with Crippen molar-refractivity contribution in [2.24, 2.45) is 5.92 Å². The van der Waals surface area contributed by atoms with E-state index in [4.69, 9.17) is 0 Å². The predicted molar refractivity (Wildman–Crippen MR) is 119 cm³/mol. The summed E-state index contributed by atoms with van der Waals surface area (Å²) in [6.07, 6.45) is 0. The Kier molecular flexibility index (Phi) is 5.24. The lowest BCUT2D eigenvalue weighted by molar-refractivity contribution is -0.130. The molecule has 0 saturated carbocycles. The molecule has 0 aliphatic carbocycles. The van der Waals surface area contributed by atoms with Crippen molar-refractivity contribution in [1.82, 2.24) is 9.47 Å². The standard InChI is InChI=1S/C24H28N2OS/c1-5-25(6-2)24(27)23-21-17-11-7-9-13-19(17)26(15-16(3)4)22(21)18-12-8-10-14-20(18)28-23/h7-14,16,23H,5-6,15H2,1-4H3/i24-1. The van der Waals surface area contributed by atoms with Crippen molar-refractivity contribution in [2.45, 2.75) is 44.4 Å². The largest absolute Gasteiger partial charge is 0.342 e. The SMILES string of the molecule is CCN(CC)[11C](=O)C1Sc2ccccc2-c2c1c1ccccc1n2CC(C)C. The maximum absolute atomic E-state index is 13.5.